The summed E-state index contributed by atoms with van der Waals surface area (Å²) >= 11 is 5.34. The lowest BCUT2D eigenvalue weighted by Gasteiger charge is -2.43. The van der Waals surface area contributed by atoms with Gasteiger partial charge in [0, 0.05) is 27.8 Å². The molecule has 0 unspecified atom stereocenters. The number of nitrogens with zero attached hydrogens (tertiary/aromatic N) is 1. The van der Waals surface area contributed by atoms with E-state index < -0.39 is 0 Å². The van der Waals surface area contributed by atoms with Crippen molar-refractivity contribution in [2.24, 2.45) is 11.1 Å². The van der Waals surface area contributed by atoms with Gasteiger partial charge in [-0.3, -0.25) is 0 Å². The summed E-state index contributed by atoms with van der Waals surface area (Å²) in [7, 11) is 2.22. The van der Waals surface area contributed by atoms with E-state index in [1.165, 1.54) is 28.6 Å². The lowest BCUT2D eigenvalue weighted by Crippen LogP contribution is -2.46. The lowest BCUT2D eigenvalue weighted by molar-refractivity contribution is 0.0883. The molecule has 17 heavy (non-hydrogen) atoms. The van der Waals surface area contributed by atoms with Gasteiger partial charge in [0.25, 0.3) is 0 Å². The van der Waals surface area contributed by atoms with Gasteiger partial charge in [-0.05, 0) is 60.3 Å². The molecule has 1 aliphatic carbocycles. The highest BCUT2D eigenvalue weighted by Crippen LogP contribution is 2.40. The zero-order valence-corrected chi connectivity index (χ0v) is 12.8. The van der Waals surface area contributed by atoms with Crippen LogP contribution in [0.2, 0.25) is 0 Å². The zero-order chi connectivity index (χ0) is 12.3. The van der Waals surface area contributed by atoms with Crippen LogP contribution in [-0.2, 0) is 6.42 Å². The Kier molecular flexibility index (Phi) is 4.64. The third-order valence-corrected chi connectivity index (χ3v) is 5.57. The zero-order valence-electron chi connectivity index (χ0n) is 10.4. The number of thiophene rings is 1. The van der Waals surface area contributed by atoms with Gasteiger partial charge in [-0.2, -0.15) is 0 Å². The monoisotopic (exact) mass is 316 g/mol. The van der Waals surface area contributed by atoms with Gasteiger partial charge >= 0.3 is 0 Å². The first-order chi connectivity index (χ1) is 8.13. The minimum atomic E-state index is 0.435. The summed E-state index contributed by atoms with van der Waals surface area (Å²) in [6.07, 6.45) is 5.15. The summed E-state index contributed by atoms with van der Waals surface area (Å²) < 4.78 is 1.21. The van der Waals surface area contributed by atoms with E-state index in [4.69, 9.17) is 5.73 Å². The van der Waals surface area contributed by atoms with Crippen LogP contribution < -0.4 is 5.73 Å². The van der Waals surface area contributed by atoms with Crippen LogP contribution in [0.1, 0.15) is 24.1 Å². The Balaban J connectivity index is 1.75. The van der Waals surface area contributed by atoms with E-state index in [1.54, 1.807) is 0 Å². The van der Waals surface area contributed by atoms with Crippen LogP contribution in [-0.4, -0.2) is 31.6 Å². The molecule has 0 aliphatic heterocycles. The SMILES string of the molecule is CN(CCc1cc(Br)cs1)CC1(CN)CCC1. The van der Waals surface area contributed by atoms with Crippen molar-refractivity contribution in [2.75, 3.05) is 26.7 Å². The fourth-order valence-corrected chi connectivity index (χ4v) is 3.99. The Morgan fingerprint density at radius 1 is 1.53 bits per heavy atom. The molecule has 1 aliphatic rings. The van der Waals surface area contributed by atoms with Gasteiger partial charge in [0.15, 0.2) is 0 Å². The van der Waals surface area contributed by atoms with Gasteiger partial charge in [0.2, 0.25) is 0 Å². The van der Waals surface area contributed by atoms with Crippen LogP contribution in [0.25, 0.3) is 0 Å². The predicted molar refractivity (Wildman–Crippen MR) is 78.6 cm³/mol. The molecule has 2 N–H and O–H groups in total. The maximum Gasteiger partial charge on any atom is 0.0285 e. The molecule has 0 aromatic carbocycles. The molecule has 1 fully saturated rings. The van der Waals surface area contributed by atoms with Crippen LogP contribution >= 0.6 is 27.3 Å². The van der Waals surface area contributed by atoms with Crippen molar-refractivity contribution in [3.8, 4) is 0 Å². The first-order valence-corrected chi connectivity index (χ1v) is 7.92. The molecular weight excluding hydrogens is 296 g/mol. The molecule has 4 heteroatoms. The third kappa shape index (κ3) is 3.53. The molecule has 0 atom stereocenters. The van der Waals surface area contributed by atoms with Crippen molar-refractivity contribution in [1.29, 1.82) is 0 Å². The van der Waals surface area contributed by atoms with Crippen LogP contribution in [0.15, 0.2) is 15.9 Å². The molecule has 0 radical (unpaired) electrons. The quantitative estimate of drug-likeness (QED) is 0.873. The van der Waals surface area contributed by atoms with Crippen molar-refractivity contribution in [1.82, 2.24) is 4.90 Å². The first kappa shape index (κ1) is 13.5. The van der Waals surface area contributed by atoms with Gasteiger partial charge in [-0.1, -0.05) is 6.42 Å². The van der Waals surface area contributed by atoms with Crippen LogP contribution in [0, 0.1) is 5.41 Å². The molecule has 0 bridgehead atoms. The van der Waals surface area contributed by atoms with Gasteiger partial charge in [0.05, 0.1) is 0 Å². The Hall–Kier alpha value is 0.1000. The molecule has 0 saturated heterocycles. The number of rotatable bonds is 6. The summed E-state index contributed by atoms with van der Waals surface area (Å²) in [6, 6.07) is 2.22. The summed E-state index contributed by atoms with van der Waals surface area (Å²) in [5.74, 6) is 0. The van der Waals surface area contributed by atoms with E-state index in [-0.39, 0.29) is 0 Å². The Morgan fingerprint density at radius 3 is 2.76 bits per heavy atom. The Labute approximate surface area is 116 Å². The summed E-state index contributed by atoms with van der Waals surface area (Å²) in [5.41, 5.74) is 6.33. The minimum Gasteiger partial charge on any atom is -0.330 e. The molecule has 0 amide bonds. The van der Waals surface area contributed by atoms with E-state index >= 15 is 0 Å². The molecule has 2 rings (SSSR count). The predicted octanol–water partition coefficient (Wildman–Crippen LogP) is 3.11. The molecule has 2 nitrogen and oxygen atoms in total. The van der Waals surface area contributed by atoms with Gasteiger partial charge in [0.1, 0.15) is 0 Å². The Bertz CT molecular complexity index is 355. The van der Waals surface area contributed by atoms with E-state index in [0.29, 0.717) is 5.41 Å². The van der Waals surface area contributed by atoms with E-state index in [2.05, 4.69) is 39.3 Å². The van der Waals surface area contributed by atoms with Crippen molar-refractivity contribution in [3.05, 3.63) is 20.8 Å². The van der Waals surface area contributed by atoms with E-state index in [1.807, 2.05) is 11.3 Å². The van der Waals surface area contributed by atoms with Crippen molar-refractivity contribution in [3.63, 3.8) is 0 Å². The van der Waals surface area contributed by atoms with Crippen LogP contribution in [0.3, 0.4) is 0 Å². The average molecular weight is 317 g/mol. The second kappa shape index (κ2) is 5.83. The summed E-state index contributed by atoms with van der Waals surface area (Å²) in [5, 5.41) is 2.16. The fraction of sp³-hybridized carbons (Fsp3) is 0.692. The highest BCUT2D eigenvalue weighted by Gasteiger charge is 2.36. The second-order valence-corrected chi connectivity index (χ2v) is 7.19. The van der Waals surface area contributed by atoms with Crippen molar-refractivity contribution in [2.45, 2.75) is 25.7 Å². The maximum absolute atomic E-state index is 5.90. The number of hydrogen-bond acceptors (Lipinski definition) is 3. The topological polar surface area (TPSA) is 29.3 Å². The third-order valence-electron chi connectivity index (χ3n) is 3.81. The first-order valence-electron chi connectivity index (χ1n) is 6.25. The number of hydrogen-bond donors (Lipinski definition) is 1. The fourth-order valence-electron chi connectivity index (χ4n) is 2.54. The summed E-state index contributed by atoms with van der Waals surface area (Å²) in [4.78, 5) is 3.90. The molecule has 1 aromatic heterocycles. The van der Waals surface area contributed by atoms with Gasteiger partial charge < -0.3 is 10.6 Å². The molecule has 96 valence electrons. The van der Waals surface area contributed by atoms with E-state index in [9.17, 15) is 0 Å². The van der Waals surface area contributed by atoms with Crippen molar-refractivity contribution >= 4 is 27.3 Å². The average Bonchev–Trinajstić information content (AvgIpc) is 2.67. The lowest BCUT2D eigenvalue weighted by atomic mass is 9.68. The highest BCUT2D eigenvalue weighted by atomic mass is 79.9. The van der Waals surface area contributed by atoms with Crippen molar-refractivity contribution < 1.29 is 0 Å². The van der Waals surface area contributed by atoms with Crippen LogP contribution in [0.4, 0.5) is 0 Å². The normalized spacial score (nSPS) is 18.4. The summed E-state index contributed by atoms with van der Waals surface area (Å²) in [6.45, 7) is 3.15. The Morgan fingerprint density at radius 2 is 2.29 bits per heavy atom. The number of likely N-dealkylation sites (N-methyl/N-ethyl adjacent to an activating group) is 1. The highest BCUT2D eigenvalue weighted by molar-refractivity contribution is 9.10. The second-order valence-electron chi connectivity index (χ2n) is 5.28. The van der Waals surface area contributed by atoms with Crippen LogP contribution in [0.5, 0.6) is 0 Å². The largest absolute Gasteiger partial charge is 0.330 e. The smallest absolute Gasteiger partial charge is 0.0285 e. The van der Waals surface area contributed by atoms with E-state index in [0.717, 1.165) is 26.1 Å². The number of nitrogens with two attached hydrogens (primary N) is 1. The minimum absolute atomic E-state index is 0.435. The molecule has 1 aromatic rings. The standard InChI is InChI=1S/C13H21BrN2S/c1-16(10-13(9-15)4-2-5-13)6-3-12-7-11(14)8-17-12/h7-8H,2-6,9-10,15H2,1H3. The molecule has 1 saturated carbocycles. The maximum atomic E-state index is 5.90. The molecule has 1 heterocycles. The van der Waals surface area contributed by atoms with Gasteiger partial charge in [-0.25, -0.2) is 0 Å². The molecular formula is C13H21BrN2S. The van der Waals surface area contributed by atoms with Gasteiger partial charge in [-0.15, -0.1) is 11.3 Å². The molecule has 0 spiro atoms. The number of halogens is 1.